The number of hydrogen-bond acceptors (Lipinski definition) is 4. The molecule has 0 spiro atoms. The van der Waals surface area contributed by atoms with E-state index in [-0.39, 0.29) is 34.9 Å². The molecule has 6 nitrogen and oxygen atoms in total. The highest BCUT2D eigenvalue weighted by Crippen LogP contribution is 2.44. The van der Waals surface area contributed by atoms with E-state index in [0.29, 0.717) is 0 Å². The fourth-order valence-electron chi connectivity index (χ4n) is 4.55. The van der Waals surface area contributed by atoms with E-state index < -0.39 is 17.8 Å². The minimum absolute atomic E-state index is 0.0433. The summed E-state index contributed by atoms with van der Waals surface area (Å²) in [6, 6.07) is 28.5. The molecule has 6 heteroatoms. The molecular weight excluding hydrogens is 442 g/mol. The van der Waals surface area contributed by atoms with E-state index in [1.54, 1.807) is 36.4 Å². The highest BCUT2D eigenvalue weighted by Gasteiger charge is 2.29. The van der Waals surface area contributed by atoms with Crippen molar-refractivity contribution in [1.82, 2.24) is 0 Å². The molecule has 0 saturated heterocycles. The number of carbonyl (C=O) groups is 3. The summed E-state index contributed by atoms with van der Waals surface area (Å²) in [6.07, 6.45) is -0.696. The second kappa shape index (κ2) is 9.27. The third kappa shape index (κ3) is 4.17. The molecular formula is C29H21NO5. The molecule has 0 fully saturated rings. The van der Waals surface area contributed by atoms with E-state index in [1.165, 1.54) is 12.1 Å². The van der Waals surface area contributed by atoms with E-state index in [2.05, 4.69) is 17.4 Å². The minimum Gasteiger partial charge on any atom is -0.478 e. The van der Waals surface area contributed by atoms with Crippen LogP contribution in [0, 0.1) is 0 Å². The van der Waals surface area contributed by atoms with Crippen molar-refractivity contribution in [2.24, 2.45) is 0 Å². The highest BCUT2D eigenvalue weighted by atomic mass is 16.5. The van der Waals surface area contributed by atoms with Gasteiger partial charge in [0.15, 0.2) is 5.78 Å². The first kappa shape index (κ1) is 22.1. The Morgan fingerprint density at radius 3 is 1.83 bits per heavy atom. The van der Waals surface area contributed by atoms with Crippen LogP contribution in [0.1, 0.15) is 43.3 Å². The number of fused-ring (bicyclic) bond motifs is 3. The van der Waals surface area contributed by atoms with Crippen LogP contribution in [0.15, 0.2) is 97.1 Å². The van der Waals surface area contributed by atoms with Gasteiger partial charge in [-0.25, -0.2) is 9.59 Å². The fourth-order valence-corrected chi connectivity index (χ4v) is 4.55. The average molecular weight is 463 g/mol. The molecule has 0 unspecified atom stereocenters. The summed E-state index contributed by atoms with van der Waals surface area (Å²) >= 11 is 0. The molecule has 4 aromatic carbocycles. The third-order valence-corrected chi connectivity index (χ3v) is 6.15. The summed E-state index contributed by atoms with van der Waals surface area (Å²) in [5.74, 6) is -1.79. The van der Waals surface area contributed by atoms with Crippen molar-refractivity contribution in [3.05, 3.63) is 125 Å². The molecule has 35 heavy (non-hydrogen) atoms. The van der Waals surface area contributed by atoms with Gasteiger partial charge in [0.25, 0.3) is 0 Å². The predicted molar refractivity (Wildman–Crippen MR) is 132 cm³/mol. The van der Waals surface area contributed by atoms with E-state index in [1.807, 2.05) is 36.4 Å². The van der Waals surface area contributed by atoms with Gasteiger partial charge >= 0.3 is 12.1 Å². The van der Waals surface area contributed by atoms with Gasteiger partial charge in [-0.3, -0.25) is 10.1 Å². The number of ether oxygens (including phenoxy) is 1. The smallest absolute Gasteiger partial charge is 0.411 e. The number of aromatic carboxylic acids is 1. The van der Waals surface area contributed by atoms with Crippen molar-refractivity contribution >= 4 is 23.5 Å². The number of anilines is 1. The highest BCUT2D eigenvalue weighted by molar-refractivity contribution is 6.17. The Morgan fingerprint density at radius 2 is 1.20 bits per heavy atom. The standard InChI is InChI=1S/C29H21NO5/c31-27(22-13-5-6-14-23(22)28(32)33)24-15-7-8-16-26(24)30-29(34)35-17-25-20-11-3-1-9-18(20)19-10-2-4-12-21(19)25/h1-16,25H,17H2,(H,30,34)(H,32,33). The molecule has 0 aromatic heterocycles. The molecule has 2 N–H and O–H groups in total. The largest absolute Gasteiger partial charge is 0.478 e. The second-order valence-electron chi connectivity index (χ2n) is 8.18. The number of hydrogen-bond donors (Lipinski definition) is 2. The summed E-state index contributed by atoms with van der Waals surface area (Å²) in [4.78, 5) is 37.5. The van der Waals surface area contributed by atoms with Crippen LogP contribution in [0.4, 0.5) is 10.5 Å². The lowest BCUT2D eigenvalue weighted by atomic mass is 9.97. The van der Waals surface area contributed by atoms with Crippen molar-refractivity contribution in [2.75, 3.05) is 11.9 Å². The number of carboxylic acids is 1. The Morgan fingerprint density at radius 1 is 0.686 bits per heavy atom. The summed E-state index contributed by atoms with van der Waals surface area (Å²) < 4.78 is 5.59. The number of benzene rings is 4. The average Bonchev–Trinajstić information content (AvgIpc) is 3.21. The molecule has 1 aliphatic carbocycles. The quantitative estimate of drug-likeness (QED) is 0.343. The number of carbonyl (C=O) groups excluding carboxylic acids is 2. The molecule has 0 saturated carbocycles. The lowest BCUT2D eigenvalue weighted by Gasteiger charge is -2.15. The van der Waals surface area contributed by atoms with Gasteiger partial charge in [0, 0.05) is 17.0 Å². The third-order valence-electron chi connectivity index (χ3n) is 6.15. The van der Waals surface area contributed by atoms with Crippen LogP contribution in [-0.2, 0) is 4.74 Å². The SMILES string of the molecule is O=C(Nc1ccccc1C(=O)c1ccccc1C(=O)O)OCC1c2ccccc2-c2ccccc21. The molecule has 172 valence electrons. The van der Waals surface area contributed by atoms with Crippen LogP contribution in [0.5, 0.6) is 0 Å². The Kier molecular flexibility index (Phi) is 5.85. The summed E-state index contributed by atoms with van der Waals surface area (Å²) in [6.45, 7) is 0.137. The van der Waals surface area contributed by atoms with Gasteiger partial charge in [-0.15, -0.1) is 0 Å². The number of carboxylic acid groups (broad SMARTS) is 1. The summed E-state index contributed by atoms with van der Waals surface area (Å²) in [5, 5.41) is 12.1. The van der Waals surface area contributed by atoms with Gasteiger partial charge in [-0.1, -0.05) is 78.9 Å². The Bertz CT molecular complexity index is 1410. The zero-order valence-corrected chi connectivity index (χ0v) is 18.6. The zero-order chi connectivity index (χ0) is 24.4. The molecule has 0 aliphatic heterocycles. The number of rotatable bonds is 6. The van der Waals surface area contributed by atoms with Gasteiger partial charge in [-0.05, 0) is 40.5 Å². The molecule has 4 aromatic rings. The molecule has 5 rings (SSSR count). The Labute approximate surface area is 201 Å². The van der Waals surface area contributed by atoms with Crippen LogP contribution in [0.2, 0.25) is 0 Å². The van der Waals surface area contributed by atoms with Crippen LogP contribution in [0.3, 0.4) is 0 Å². The maximum Gasteiger partial charge on any atom is 0.411 e. The predicted octanol–water partition coefficient (Wildman–Crippen LogP) is 5.98. The number of amides is 1. The van der Waals surface area contributed by atoms with Crippen molar-refractivity contribution in [2.45, 2.75) is 5.92 Å². The summed E-state index contributed by atoms with van der Waals surface area (Å²) in [5.41, 5.74) is 4.82. The minimum atomic E-state index is -1.20. The van der Waals surface area contributed by atoms with Crippen molar-refractivity contribution in [1.29, 1.82) is 0 Å². The summed E-state index contributed by atoms with van der Waals surface area (Å²) in [7, 11) is 0. The van der Waals surface area contributed by atoms with Crippen LogP contribution >= 0.6 is 0 Å². The fraction of sp³-hybridized carbons (Fsp3) is 0.0690. The van der Waals surface area contributed by atoms with Gasteiger partial charge in [0.05, 0.1) is 11.3 Å². The normalized spacial score (nSPS) is 11.9. The molecule has 0 bridgehead atoms. The monoisotopic (exact) mass is 463 g/mol. The maximum absolute atomic E-state index is 13.2. The molecule has 0 radical (unpaired) electrons. The topological polar surface area (TPSA) is 92.7 Å². The van der Waals surface area contributed by atoms with E-state index in [0.717, 1.165) is 22.3 Å². The second-order valence-corrected chi connectivity index (χ2v) is 8.18. The van der Waals surface area contributed by atoms with Crippen molar-refractivity contribution in [3.63, 3.8) is 0 Å². The first-order chi connectivity index (χ1) is 17.0. The van der Waals surface area contributed by atoms with E-state index in [4.69, 9.17) is 4.74 Å². The first-order valence-corrected chi connectivity index (χ1v) is 11.1. The molecule has 1 aliphatic rings. The number of ketones is 1. The lowest BCUT2D eigenvalue weighted by Crippen LogP contribution is -2.20. The lowest BCUT2D eigenvalue weighted by molar-refractivity contribution is 0.0692. The number of nitrogens with one attached hydrogen (secondary N) is 1. The van der Waals surface area contributed by atoms with Crippen molar-refractivity contribution < 1.29 is 24.2 Å². The van der Waals surface area contributed by atoms with Gasteiger partial charge < -0.3 is 9.84 Å². The number of para-hydroxylation sites is 1. The zero-order valence-electron chi connectivity index (χ0n) is 18.6. The van der Waals surface area contributed by atoms with Gasteiger partial charge in [0.2, 0.25) is 0 Å². The van der Waals surface area contributed by atoms with Gasteiger partial charge in [0.1, 0.15) is 6.61 Å². The van der Waals surface area contributed by atoms with Crippen LogP contribution in [-0.4, -0.2) is 29.6 Å². The Balaban J connectivity index is 1.35. The van der Waals surface area contributed by atoms with Crippen molar-refractivity contribution in [3.8, 4) is 11.1 Å². The molecule has 1 amide bonds. The molecule has 0 heterocycles. The Hall–Kier alpha value is -4.71. The van der Waals surface area contributed by atoms with E-state index in [9.17, 15) is 19.5 Å². The van der Waals surface area contributed by atoms with E-state index >= 15 is 0 Å². The molecule has 0 atom stereocenters. The van der Waals surface area contributed by atoms with Gasteiger partial charge in [-0.2, -0.15) is 0 Å². The van der Waals surface area contributed by atoms with Crippen LogP contribution in [0.25, 0.3) is 11.1 Å². The maximum atomic E-state index is 13.2. The van der Waals surface area contributed by atoms with Crippen LogP contribution < -0.4 is 5.32 Å². The first-order valence-electron chi connectivity index (χ1n) is 11.1.